The van der Waals surface area contributed by atoms with Crippen LogP contribution in [0.25, 0.3) is 0 Å². The Labute approximate surface area is 127 Å². The molecule has 0 bridgehead atoms. The summed E-state index contributed by atoms with van der Waals surface area (Å²) in [4.78, 5) is 4.15. The Hall–Kier alpha value is -1.59. The number of rotatable bonds is 5. The van der Waals surface area contributed by atoms with Crippen molar-refractivity contribution in [1.82, 2.24) is 4.98 Å². The van der Waals surface area contributed by atoms with E-state index in [9.17, 15) is 0 Å². The highest BCUT2D eigenvalue weighted by atomic mass is 79.9. The van der Waals surface area contributed by atoms with E-state index in [0.29, 0.717) is 12.5 Å². The normalized spacial score (nSPS) is 12.0. The molecule has 0 saturated carbocycles. The number of ether oxygens (including phenoxy) is 2. The van der Waals surface area contributed by atoms with E-state index in [2.05, 4.69) is 20.9 Å². The number of methoxy groups -OCH3 is 1. The predicted octanol–water partition coefficient (Wildman–Crippen LogP) is 3.45. The van der Waals surface area contributed by atoms with Crippen molar-refractivity contribution in [3.63, 3.8) is 0 Å². The smallest absolute Gasteiger partial charge is 0.219 e. The van der Waals surface area contributed by atoms with Crippen LogP contribution < -0.4 is 15.2 Å². The molecule has 2 N–H and O–H groups in total. The Bertz CT molecular complexity index is 588. The first-order valence-electron chi connectivity index (χ1n) is 6.27. The van der Waals surface area contributed by atoms with E-state index in [1.807, 2.05) is 37.3 Å². The molecule has 1 atom stereocenters. The van der Waals surface area contributed by atoms with Crippen LogP contribution >= 0.6 is 15.9 Å². The van der Waals surface area contributed by atoms with Gasteiger partial charge in [0.05, 0.1) is 12.7 Å². The minimum atomic E-state index is -0.0890. The molecule has 0 aliphatic carbocycles. The molecule has 0 aliphatic rings. The summed E-state index contributed by atoms with van der Waals surface area (Å²) in [5.41, 5.74) is 7.82. The van der Waals surface area contributed by atoms with E-state index < -0.39 is 0 Å². The molecule has 0 aliphatic heterocycles. The van der Waals surface area contributed by atoms with Gasteiger partial charge >= 0.3 is 0 Å². The highest BCUT2D eigenvalue weighted by Gasteiger charge is 2.10. The average molecular weight is 337 g/mol. The third kappa shape index (κ3) is 3.49. The lowest BCUT2D eigenvalue weighted by Crippen LogP contribution is -2.08. The lowest BCUT2D eigenvalue weighted by Gasteiger charge is -2.15. The van der Waals surface area contributed by atoms with Gasteiger partial charge in [-0.25, -0.2) is 4.98 Å². The maximum Gasteiger partial charge on any atom is 0.219 e. The van der Waals surface area contributed by atoms with Crippen LogP contribution in [0.4, 0.5) is 0 Å². The summed E-state index contributed by atoms with van der Waals surface area (Å²) in [5, 5.41) is 0. The first-order chi connectivity index (χ1) is 9.61. The molecule has 0 saturated heterocycles. The molecular formula is C15H17BrN2O2. The molecule has 1 heterocycles. The Kier molecular flexibility index (Phi) is 4.98. The van der Waals surface area contributed by atoms with Crippen molar-refractivity contribution in [3.8, 4) is 11.6 Å². The van der Waals surface area contributed by atoms with Gasteiger partial charge < -0.3 is 15.2 Å². The van der Waals surface area contributed by atoms with Crippen LogP contribution in [0, 0.1) is 0 Å². The SMILES string of the molecule is COc1ncccc1COc1cc(Br)ccc1[C@H](C)N. The standard InChI is InChI=1S/C15H17BrN2O2/c1-10(17)13-6-5-12(16)8-14(13)20-9-11-4-3-7-18-15(11)19-2/h3-8,10H,9,17H2,1-2H3/t10-/m0/s1. The van der Waals surface area contributed by atoms with E-state index in [1.54, 1.807) is 13.3 Å². The largest absolute Gasteiger partial charge is 0.488 e. The molecule has 5 heteroatoms. The van der Waals surface area contributed by atoms with Crippen LogP contribution in [0.3, 0.4) is 0 Å². The van der Waals surface area contributed by atoms with Crippen molar-refractivity contribution in [2.45, 2.75) is 19.6 Å². The van der Waals surface area contributed by atoms with Crippen molar-refractivity contribution in [3.05, 3.63) is 52.1 Å². The summed E-state index contributed by atoms with van der Waals surface area (Å²) in [6.45, 7) is 2.31. The quantitative estimate of drug-likeness (QED) is 0.908. The second kappa shape index (κ2) is 6.72. The average Bonchev–Trinajstić information content (AvgIpc) is 2.45. The number of pyridine rings is 1. The van der Waals surface area contributed by atoms with Gasteiger partial charge in [-0.15, -0.1) is 0 Å². The van der Waals surface area contributed by atoms with Gasteiger partial charge in [-0.2, -0.15) is 0 Å². The molecule has 20 heavy (non-hydrogen) atoms. The number of benzene rings is 1. The molecule has 0 radical (unpaired) electrons. The molecule has 106 valence electrons. The first kappa shape index (κ1) is 14.8. The number of halogens is 1. The van der Waals surface area contributed by atoms with E-state index >= 15 is 0 Å². The van der Waals surface area contributed by atoms with Gasteiger partial charge in [0, 0.05) is 22.3 Å². The topological polar surface area (TPSA) is 57.4 Å². The molecule has 0 amide bonds. The number of hydrogen-bond acceptors (Lipinski definition) is 4. The van der Waals surface area contributed by atoms with Gasteiger partial charge in [-0.05, 0) is 31.2 Å². The molecular weight excluding hydrogens is 320 g/mol. The van der Waals surface area contributed by atoms with Gasteiger partial charge in [-0.1, -0.05) is 22.0 Å². The summed E-state index contributed by atoms with van der Waals surface area (Å²) >= 11 is 3.44. The van der Waals surface area contributed by atoms with Gasteiger partial charge in [0.15, 0.2) is 0 Å². The molecule has 1 aromatic heterocycles. The van der Waals surface area contributed by atoms with Gasteiger partial charge in [0.2, 0.25) is 5.88 Å². The third-order valence-electron chi connectivity index (χ3n) is 2.89. The highest BCUT2D eigenvalue weighted by molar-refractivity contribution is 9.10. The van der Waals surface area contributed by atoms with Gasteiger partial charge in [0.1, 0.15) is 12.4 Å². The molecule has 4 nitrogen and oxygen atoms in total. The van der Waals surface area contributed by atoms with Crippen molar-refractivity contribution in [2.24, 2.45) is 5.73 Å². The lowest BCUT2D eigenvalue weighted by atomic mass is 10.1. The van der Waals surface area contributed by atoms with Gasteiger partial charge in [0.25, 0.3) is 0 Å². The zero-order valence-electron chi connectivity index (χ0n) is 11.5. The summed E-state index contributed by atoms with van der Waals surface area (Å²) < 4.78 is 12.0. The minimum Gasteiger partial charge on any atom is -0.488 e. The van der Waals surface area contributed by atoms with E-state index in [-0.39, 0.29) is 6.04 Å². The van der Waals surface area contributed by atoms with Crippen LogP contribution in [0.2, 0.25) is 0 Å². The van der Waals surface area contributed by atoms with Crippen LogP contribution in [0.5, 0.6) is 11.6 Å². The van der Waals surface area contributed by atoms with Crippen molar-refractivity contribution in [2.75, 3.05) is 7.11 Å². The Morgan fingerprint density at radius 3 is 2.85 bits per heavy atom. The first-order valence-corrected chi connectivity index (χ1v) is 7.07. The van der Waals surface area contributed by atoms with E-state index in [0.717, 1.165) is 21.3 Å². The van der Waals surface area contributed by atoms with Crippen LogP contribution in [0.1, 0.15) is 24.1 Å². The highest BCUT2D eigenvalue weighted by Crippen LogP contribution is 2.29. The second-order valence-electron chi connectivity index (χ2n) is 4.43. The molecule has 2 aromatic rings. The molecule has 0 spiro atoms. The fourth-order valence-electron chi connectivity index (χ4n) is 1.88. The summed E-state index contributed by atoms with van der Waals surface area (Å²) in [6.07, 6.45) is 1.69. The molecule has 0 fully saturated rings. The maximum absolute atomic E-state index is 5.96. The lowest BCUT2D eigenvalue weighted by molar-refractivity contribution is 0.290. The maximum atomic E-state index is 5.96. The molecule has 0 unspecified atom stereocenters. The van der Waals surface area contributed by atoms with Crippen molar-refractivity contribution < 1.29 is 9.47 Å². The second-order valence-corrected chi connectivity index (χ2v) is 5.35. The molecule has 2 rings (SSSR count). The third-order valence-corrected chi connectivity index (χ3v) is 3.39. The molecule has 1 aromatic carbocycles. The number of nitrogens with two attached hydrogens (primary N) is 1. The monoisotopic (exact) mass is 336 g/mol. The van der Waals surface area contributed by atoms with Crippen LogP contribution in [-0.2, 0) is 6.61 Å². The number of nitrogens with zero attached hydrogens (tertiary/aromatic N) is 1. The fraction of sp³-hybridized carbons (Fsp3) is 0.267. The zero-order chi connectivity index (χ0) is 14.5. The number of hydrogen-bond donors (Lipinski definition) is 1. The van der Waals surface area contributed by atoms with Crippen LogP contribution in [0.15, 0.2) is 41.0 Å². The fourth-order valence-corrected chi connectivity index (χ4v) is 2.22. The number of aromatic nitrogens is 1. The summed E-state index contributed by atoms with van der Waals surface area (Å²) in [6, 6.07) is 9.53. The van der Waals surface area contributed by atoms with Crippen molar-refractivity contribution >= 4 is 15.9 Å². The predicted molar refractivity (Wildman–Crippen MR) is 81.9 cm³/mol. The Morgan fingerprint density at radius 1 is 1.35 bits per heavy atom. The summed E-state index contributed by atoms with van der Waals surface area (Å²) in [7, 11) is 1.60. The van der Waals surface area contributed by atoms with Crippen molar-refractivity contribution in [1.29, 1.82) is 0 Å². The zero-order valence-corrected chi connectivity index (χ0v) is 13.1. The Balaban J connectivity index is 2.20. The Morgan fingerprint density at radius 2 is 2.15 bits per heavy atom. The minimum absolute atomic E-state index is 0.0890. The van der Waals surface area contributed by atoms with E-state index in [1.165, 1.54) is 0 Å². The van der Waals surface area contributed by atoms with Gasteiger partial charge in [-0.3, -0.25) is 0 Å². The summed E-state index contributed by atoms with van der Waals surface area (Å²) in [5.74, 6) is 1.34. The van der Waals surface area contributed by atoms with E-state index in [4.69, 9.17) is 15.2 Å². The van der Waals surface area contributed by atoms with Crippen LogP contribution in [-0.4, -0.2) is 12.1 Å².